The summed E-state index contributed by atoms with van der Waals surface area (Å²) in [6, 6.07) is 5.99. The van der Waals surface area contributed by atoms with E-state index >= 15 is 0 Å². The molecule has 0 radical (unpaired) electrons. The summed E-state index contributed by atoms with van der Waals surface area (Å²) in [4.78, 5) is 2.20. The lowest BCUT2D eigenvalue weighted by Crippen LogP contribution is -2.49. The van der Waals surface area contributed by atoms with Crippen molar-refractivity contribution in [3.05, 3.63) is 18.2 Å². The van der Waals surface area contributed by atoms with Crippen molar-refractivity contribution in [3.63, 3.8) is 0 Å². The molecule has 0 bridgehead atoms. The van der Waals surface area contributed by atoms with E-state index in [0.717, 1.165) is 5.69 Å². The Morgan fingerprint density at radius 1 is 1.56 bits per heavy atom. The standard InChI is InChI=1S/C13H20N2O3/c1-9-8-18-11(7-16)6-15(9)10-3-4-12(14)13(5-10)17-2/h3-5,9,11,16H,6-8,14H2,1-2H3. The Morgan fingerprint density at radius 2 is 2.33 bits per heavy atom. The molecule has 1 heterocycles. The minimum absolute atomic E-state index is 0.0370. The van der Waals surface area contributed by atoms with E-state index in [4.69, 9.17) is 15.2 Å². The van der Waals surface area contributed by atoms with E-state index in [1.165, 1.54) is 0 Å². The molecule has 0 spiro atoms. The highest BCUT2D eigenvalue weighted by Crippen LogP contribution is 2.29. The fraction of sp³-hybridized carbons (Fsp3) is 0.538. The monoisotopic (exact) mass is 252 g/mol. The first-order valence-corrected chi connectivity index (χ1v) is 6.08. The van der Waals surface area contributed by atoms with E-state index in [1.54, 1.807) is 7.11 Å². The zero-order chi connectivity index (χ0) is 13.1. The highest BCUT2D eigenvalue weighted by Gasteiger charge is 2.26. The van der Waals surface area contributed by atoms with Crippen LogP contribution in [0.2, 0.25) is 0 Å². The lowest BCUT2D eigenvalue weighted by atomic mass is 10.1. The van der Waals surface area contributed by atoms with E-state index in [2.05, 4.69) is 11.8 Å². The predicted molar refractivity (Wildman–Crippen MR) is 71.0 cm³/mol. The number of nitrogens with two attached hydrogens (primary N) is 1. The first kappa shape index (κ1) is 13.0. The third-order valence-electron chi connectivity index (χ3n) is 3.26. The average Bonchev–Trinajstić information content (AvgIpc) is 2.40. The summed E-state index contributed by atoms with van der Waals surface area (Å²) in [6.07, 6.45) is -0.134. The third-order valence-corrected chi connectivity index (χ3v) is 3.26. The molecule has 0 amide bonds. The van der Waals surface area contributed by atoms with E-state index < -0.39 is 0 Å². The molecule has 1 aromatic carbocycles. The molecule has 2 atom stereocenters. The molecule has 18 heavy (non-hydrogen) atoms. The molecular formula is C13H20N2O3. The minimum Gasteiger partial charge on any atom is -0.495 e. The van der Waals surface area contributed by atoms with Crippen molar-refractivity contribution in [2.24, 2.45) is 0 Å². The quantitative estimate of drug-likeness (QED) is 0.781. The number of nitrogens with zero attached hydrogens (tertiary/aromatic N) is 1. The van der Waals surface area contributed by atoms with Crippen LogP contribution in [0.1, 0.15) is 6.92 Å². The van der Waals surface area contributed by atoms with Gasteiger partial charge in [-0.25, -0.2) is 0 Å². The maximum Gasteiger partial charge on any atom is 0.143 e. The summed E-state index contributed by atoms with van der Waals surface area (Å²) in [5.74, 6) is 0.673. The number of benzene rings is 1. The average molecular weight is 252 g/mol. The number of nitrogen functional groups attached to an aromatic ring is 1. The predicted octanol–water partition coefficient (Wildman–Crippen LogP) is 0.863. The van der Waals surface area contributed by atoms with Crippen molar-refractivity contribution in [1.82, 2.24) is 0 Å². The molecule has 3 N–H and O–H groups in total. The molecule has 2 unspecified atom stereocenters. The van der Waals surface area contributed by atoms with Crippen LogP contribution in [-0.2, 0) is 4.74 Å². The first-order chi connectivity index (χ1) is 8.65. The van der Waals surface area contributed by atoms with Crippen LogP contribution in [0.5, 0.6) is 5.75 Å². The van der Waals surface area contributed by atoms with Gasteiger partial charge in [0.1, 0.15) is 5.75 Å². The zero-order valence-corrected chi connectivity index (χ0v) is 10.8. The summed E-state index contributed by atoms with van der Waals surface area (Å²) >= 11 is 0. The number of aliphatic hydroxyl groups is 1. The Balaban J connectivity index is 2.23. The topological polar surface area (TPSA) is 68.0 Å². The number of anilines is 2. The lowest BCUT2D eigenvalue weighted by Gasteiger charge is -2.39. The molecule has 2 rings (SSSR count). The summed E-state index contributed by atoms with van der Waals surface area (Å²) in [6.45, 7) is 3.41. The minimum atomic E-state index is -0.134. The van der Waals surface area contributed by atoms with Crippen molar-refractivity contribution in [1.29, 1.82) is 0 Å². The van der Waals surface area contributed by atoms with E-state index in [1.807, 2.05) is 18.2 Å². The Kier molecular flexibility index (Phi) is 3.93. The zero-order valence-electron chi connectivity index (χ0n) is 10.8. The van der Waals surface area contributed by atoms with Gasteiger partial charge in [-0.1, -0.05) is 0 Å². The van der Waals surface area contributed by atoms with Gasteiger partial charge in [-0.3, -0.25) is 0 Å². The molecule has 1 aromatic rings. The van der Waals surface area contributed by atoms with E-state index in [9.17, 15) is 5.11 Å². The molecule has 1 saturated heterocycles. The molecule has 5 nitrogen and oxygen atoms in total. The Labute approximate surface area is 107 Å². The summed E-state index contributed by atoms with van der Waals surface area (Å²) in [7, 11) is 1.61. The molecule has 0 aromatic heterocycles. The molecule has 5 heteroatoms. The second-order valence-electron chi connectivity index (χ2n) is 4.57. The van der Waals surface area contributed by atoms with Crippen LogP contribution < -0.4 is 15.4 Å². The third kappa shape index (κ3) is 2.52. The molecule has 1 fully saturated rings. The Bertz CT molecular complexity index is 411. The van der Waals surface area contributed by atoms with E-state index in [0.29, 0.717) is 24.6 Å². The fourth-order valence-electron chi connectivity index (χ4n) is 2.17. The van der Waals surface area contributed by atoms with Crippen LogP contribution in [-0.4, -0.2) is 44.1 Å². The van der Waals surface area contributed by atoms with Crippen LogP contribution in [0.4, 0.5) is 11.4 Å². The maximum absolute atomic E-state index is 9.19. The van der Waals surface area contributed by atoms with Gasteiger partial charge in [0.15, 0.2) is 0 Å². The SMILES string of the molecule is COc1cc(N2CC(CO)OCC2C)ccc1N. The number of methoxy groups -OCH3 is 1. The fourth-order valence-corrected chi connectivity index (χ4v) is 2.17. The largest absolute Gasteiger partial charge is 0.495 e. The van der Waals surface area contributed by atoms with Gasteiger partial charge in [-0.05, 0) is 19.1 Å². The second kappa shape index (κ2) is 5.46. The molecule has 100 valence electrons. The highest BCUT2D eigenvalue weighted by molar-refractivity contribution is 5.62. The van der Waals surface area contributed by atoms with Gasteiger partial charge in [-0.2, -0.15) is 0 Å². The first-order valence-electron chi connectivity index (χ1n) is 6.08. The van der Waals surface area contributed by atoms with Crippen LogP contribution in [0.15, 0.2) is 18.2 Å². The lowest BCUT2D eigenvalue weighted by molar-refractivity contribution is -0.0103. The second-order valence-corrected chi connectivity index (χ2v) is 4.57. The molecule has 1 aliphatic heterocycles. The Morgan fingerprint density at radius 3 is 3.00 bits per heavy atom. The summed E-state index contributed by atoms with van der Waals surface area (Å²) < 4.78 is 10.8. The van der Waals surface area contributed by atoms with E-state index in [-0.39, 0.29) is 18.8 Å². The number of rotatable bonds is 3. The molecular weight excluding hydrogens is 232 g/mol. The summed E-state index contributed by atoms with van der Waals surface area (Å²) in [5, 5.41) is 9.19. The van der Waals surface area contributed by atoms with Gasteiger partial charge in [-0.15, -0.1) is 0 Å². The van der Waals surface area contributed by atoms with Crippen molar-refractivity contribution < 1.29 is 14.6 Å². The van der Waals surface area contributed by atoms with Gasteiger partial charge < -0.3 is 25.2 Å². The van der Waals surface area contributed by atoms with Crippen LogP contribution >= 0.6 is 0 Å². The van der Waals surface area contributed by atoms with Gasteiger partial charge in [0, 0.05) is 24.3 Å². The molecule has 0 aliphatic carbocycles. The number of morpholine rings is 1. The van der Waals surface area contributed by atoms with Gasteiger partial charge >= 0.3 is 0 Å². The van der Waals surface area contributed by atoms with Gasteiger partial charge in [0.2, 0.25) is 0 Å². The Hall–Kier alpha value is -1.46. The van der Waals surface area contributed by atoms with Crippen LogP contribution in [0.3, 0.4) is 0 Å². The van der Waals surface area contributed by atoms with Gasteiger partial charge in [0.05, 0.1) is 32.1 Å². The van der Waals surface area contributed by atoms with Crippen molar-refractivity contribution in [2.45, 2.75) is 19.1 Å². The number of aliphatic hydroxyl groups excluding tert-OH is 1. The number of hydrogen-bond donors (Lipinski definition) is 2. The maximum atomic E-state index is 9.19. The smallest absolute Gasteiger partial charge is 0.143 e. The normalized spacial score (nSPS) is 24.1. The van der Waals surface area contributed by atoms with Crippen LogP contribution in [0.25, 0.3) is 0 Å². The van der Waals surface area contributed by atoms with Crippen LogP contribution in [0, 0.1) is 0 Å². The number of hydrogen-bond acceptors (Lipinski definition) is 5. The van der Waals surface area contributed by atoms with Crippen molar-refractivity contribution >= 4 is 11.4 Å². The number of ether oxygens (including phenoxy) is 2. The van der Waals surface area contributed by atoms with Crippen molar-refractivity contribution in [2.75, 3.05) is 37.5 Å². The summed E-state index contributed by atoms with van der Waals surface area (Å²) in [5.41, 5.74) is 7.47. The highest BCUT2D eigenvalue weighted by atomic mass is 16.5. The molecule has 0 saturated carbocycles. The molecule has 1 aliphatic rings. The van der Waals surface area contributed by atoms with Gasteiger partial charge in [0.25, 0.3) is 0 Å². The van der Waals surface area contributed by atoms with Crippen molar-refractivity contribution in [3.8, 4) is 5.75 Å².